The molecule has 1 unspecified atom stereocenters. The first kappa shape index (κ1) is 12.7. The second kappa shape index (κ2) is 6.27. The highest BCUT2D eigenvalue weighted by Gasteiger charge is 2.21. The Morgan fingerprint density at radius 1 is 1.35 bits per heavy atom. The second-order valence-corrected chi connectivity index (χ2v) is 5.09. The molecule has 0 saturated carbocycles. The third-order valence-corrected chi connectivity index (χ3v) is 3.67. The summed E-state index contributed by atoms with van der Waals surface area (Å²) in [6, 6.07) is 8.35. The Bertz CT molecular complexity index is 339. The van der Waals surface area contributed by atoms with Crippen LogP contribution in [0.1, 0.15) is 18.4 Å². The molecule has 1 saturated heterocycles. The Morgan fingerprint density at radius 2 is 2.12 bits per heavy atom. The molecule has 2 nitrogen and oxygen atoms in total. The zero-order valence-electron chi connectivity index (χ0n) is 10.4. The number of benzene rings is 1. The van der Waals surface area contributed by atoms with Crippen molar-refractivity contribution < 1.29 is 4.74 Å². The lowest BCUT2D eigenvalue weighted by Gasteiger charge is -2.16. The summed E-state index contributed by atoms with van der Waals surface area (Å²) in [5.41, 5.74) is 1.36. The van der Waals surface area contributed by atoms with Crippen molar-refractivity contribution in [3.05, 3.63) is 29.8 Å². The largest absolute Gasteiger partial charge is 0.497 e. The number of hydrogen-bond acceptors (Lipinski definition) is 2. The molecule has 1 aromatic rings. The molecule has 2 rings (SSSR count). The van der Waals surface area contributed by atoms with Gasteiger partial charge in [-0.3, -0.25) is 4.90 Å². The van der Waals surface area contributed by atoms with Crippen LogP contribution in [0, 0.1) is 5.92 Å². The number of nitrogens with zero attached hydrogens (tertiary/aromatic N) is 1. The Morgan fingerprint density at radius 3 is 2.76 bits per heavy atom. The monoisotopic (exact) mass is 253 g/mol. The number of likely N-dealkylation sites (tertiary alicyclic amines) is 1. The minimum Gasteiger partial charge on any atom is -0.497 e. The highest BCUT2D eigenvalue weighted by molar-refractivity contribution is 6.17. The van der Waals surface area contributed by atoms with Gasteiger partial charge in [0.25, 0.3) is 0 Å². The lowest BCUT2D eigenvalue weighted by molar-refractivity contribution is 0.315. The minimum atomic E-state index is 0.793. The van der Waals surface area contributed by atoms with Gasteiger partial charge in [-0.25, -0.2) is 0 Å². The van der Waals surface area contributed by atoms with Gasteiger partial charge in [-0.1, -0.05) is 12.1 Å². The van der Waals surface area contributed by atoms with Crippen LogP contribution in [0.15, 0.2) is 24.3 Å². The van der Waals surface area contributed by atoms with Crippen LogP contribution in [0.3, 0.4) is 0 Å². The molecule has 94 valence electrons. The van der Waals surface area contributed by atoms with Crippen LogP contribution in [0.4, 0.5) is 0 Å². The normalized spacial score (nSPS) is 20.7. The number of alkyl halides is 1. The van der Waals surface area contributed by atoms with Crippen LogP contribution >= 0.6 is 11.6 Å². The van der Waals surface area contributed by atoms with E-state index in [4.69, 9.17) is 16.3 Å². The van der Waals surface area contributed by atoms with Gasteiger partial charge in [-0.2, -0.15) is 0 Å². The lowest BCUT2D eigenvalue weighted by Crippen LogP contribution is -2.20. The van der Waals surface area contributed by atoms with Crippen LogP contribution in [0.25, 0.3) is 0 Å². The summed E-state index contributed by atoms with van der Waals surface area (Å²) in [6.07, 6.45) is 2.45. The fourth-order valence-corrected chi connectivity index (χ4v) is 2.74. The number of ether oxygens (including phenoxy) is 1. The molecule has 1 fully saturated rings. The number of hydrogen-bond donors (Lipinski definition) is 0. The SMILES string of the molecule is COc1ccc(CN2CCC(CCCl)C2)cc1. The lowest BCUT2D eigenvalue weighted by atomic mass is 10.1. The number of methoxy groups -OCH3 is 1. The molecule has 0 N–H and O–H groups in total. The third-order valence-electron chi connectivity index (χ3n) is 3.45. The first-order chi connectivity index (χ1) is 8.31. The van der Waals surface area contributed by atoms with Gasteiger partial charge in [-0.05, 0) is 43.0 Å². The predicted octanol–water partition coefficient (Wildman–Crippen LogP) is 3.15. The van der Waals surface area contributed by atoms with Crippen molar-refractivity contribution in [2.24, 2.45) is 5.92 Å². The molecule has 1 aliphatic rings. The summed E-state index contributed by atoms with van der Waals surface area (Å²) in [6.45, 7) is 3.44. The van der Waals surface area contributed by atoms with Crippen molar-refractivity contribution >= 4 is 11.6 Å². The molecule has 0 aromatic heterocycles. The van der Waals surface area contributed by atoms with Crippen LogP contribution in [0.2, 0.25) is 0 Å². The highest BCUT2D eigenvalue weighted by Crippen LogP contribution is 2.22. The fourth-order valence-electron chi connectivity index (χ4n) is 2.44. The van der Waals surface area contributed by atoms with Crippen LogP contribution in [0.5, 0.6) is 5.75 Å². The smallest absolute Gasteiger partial charge is 0.118 e. The van der Waals surface area contributed by atoms with Gasteiger partial charge in [0.1, 0.15) is 5.75 Å². The van der Waals surface area contributed by atoms with Crippen molar-refractivity contribution in [2.75, 3.05) is 26.1 Å². The summed E-state index contributed by atoms with van der Waals surface area (Å²) in [5.74, 6) is 2.52. The Hall–Kier alpha value is -0.730. The van der Waals surface area contributed by atoms with Crippen molar-refractivity contribution in [2.45, 2.75) is 19.4 Å². The maximum absolute atomic E-state index is 5.79. The fraction of sp³-hybridized carbons (Fsp3) is 0.571. The van der Waals surface area contributed by atoms with Crippen LogP contribution in [-0.2, 0) is 6.54 Å². The molecule has 17 heavy (non-hydrogen) atoms. The van der Waals surface area contributed by atoms with Gasteiger partial charge >= 0.3 is 0 Å². The van der Waals surface area contributed by atoms with E-state index in [-0.39, 0.29) is 0 Å². The van der Waals surface area contributed by atoms with Gasteiger partial charge in [0.15, 0.2) is 0 Å². The quantitative estimate of drug-likeness (QED) is 0.748. The second-order valence-electron chi connectivity index (χ2n) is 4.72. The summed E-state index contributed by atoms with van der Waals surface area (Å²) in [7, 11) is 1.70. The summed E-state index contributed by atoms with van der Waals surface area (Å²) >= 11 is 5.79. The predicted molar refractivity (Wildman–Crippen MR) is 71.7 cm³/mol. The average Bonchev–Trinajstić information content (AvgIpc) is 2.78. The zero-order chi connectivity index (χ0) is 12.1. The van der Waals surface area contributed by atoms with E-state index in [9.17, 15) is 0 Å². The minimum absolute atomic E-state index is 0.793. The molecule has 0 radical (unpaired) electrons. The molecule has 1 heterocycles. The van der Waals surface area contributed by atoms with Crippen LogP contribution in [-0.4, -0.2) is 31.0 Å². The third kappa shape index (κ3) is 3.62. The van der Waals surface area contributed by atoms with Crippen molar-refractivity contribution in [3.8, 4) is 5.75 Å². The summed E-state index contributed by atoms with van der Waals surface area (Å²) in [4.78, 5) is 2.51. The number of halogens is 1. The Labute approximate surface area is 109 Å². The van der Waals surface area contributed by atoms with Crippen molar-refractivity contribution in [3.63, 3.8) is 0 Å². The van der Waals surface area contributed by atoms with E-state index >= 15 is 0 Å². The van der Waals surface area contributed by atoms with Crippen LogP contribution < -0.4 is 4.74 Å². The Kier molecular flexibility index (Phi) is 4.69. The molecule has 1 aromatic carbocycles. The molecular formula is C14H20ClNO. The van der Waals surface area contributed by atoms with E-state index in [1.807, 2.05) is 12.1 Å². The topological polar surface area (TPSA) is 12.5 Å². The van der Waals surface area contributed by atoms with E-state index in [1.54, 1.807) is 7.11 Å². The van der Waals surface area contributed by atoms with E-state index in [2.05, 4.69) is 17.0 Å². The van der Waals surface area contributed by atoms with E-state index < -0.39 is 0 Å². The van der Waals surface area contributed by atoms with Gasteiger partial charge in [0, 0.05) is 19.0 Å². The maximum Gasteiger partial charge on any atom is 0.118 e. The number of rotatable bonds is 5. The first-order valence-corrected chi connectivity index (χ1v) is 6.76. The van der Waals surface area contributed by atoms with E-state index in [0.29, 0.717) is 0 Å². The highest BCUT2D eigenvalue weighted by atomic mass is 35.5. The molecule has 0 spiro atoms. The van der Waals surface area contributed by atoms with Gasteiger partial charge in [0.2, 0.25) is 0 Å². The standard InChI is InChI=1S/C14H20ClNO/c1-17-14-4-2-12(3-5-14)10-16-9-7-13(11-16)6-8-15/h2-5,13H,6-11H2,1H3. The average molecular weight is 254 g/mol. The molecule has 0 bridgehead atoms. The van der Waals surface area contributed by atoms with Gasteiger partial charge in [-0.15, -0.1) is 11.6 Å². The maximum atomic E-state index is 5.79. The molecule has 1 aliphatic heterocycles. The van der Waals surface area contributed by atoms with Gasteiger partial charge in [0.05, 0.1) is 7.11 Å². The summed E-state index contributed by atoms with van der Waals surface area (Å²) < 4.78 is 5.16. The van der Waals surface area contributed by atoms with Crippen molar-refractivity contribution in [1.29, 1.82) is 0 Å². The summed E-state index contributed by atoms with van der Waals surface area (Å²) in [5, 5.41) is 0. The Balaban J connectivity index is 1.84. The van der Waals surface area contributed by atoms with E-state index in [1.165, 1.54) is 25.1 Å². The molecule has 0 amide bonds. The molecule has 0 aliphatic carbocycles. The van der Waals surface area contributed by atoms with Crippen molar-refractivity contribution in [1.82, 2.24) is 4.90 Å². The molecular weight excluding hydrogens is 234 g/mol. The molecule has 1 atom stereocenters. The zero-order valence-corrected chi connectivity index (χ0v) is 11.1. The van der Waals surface area contributed by atoms with E-state index in [0.717, 1.165) is 30.5 Å². The first-order valence-electron chi connectivity index (χ1n) is 6.23. The molecule has 3 heteroatoms. The van der Waals surface area contributed by atoms with Gasteiger partial charge < -0.3 is 4.74 Å².